The zero-order valence-electron chi connectivity index (χ0n) is 14.2. The van der Waals surface area contributed by atoms with Gasteiger partial charge in [-0.2, -0.15) is 0 Å². The van der Waals surface area contributed by atoms with Crippen LogP contribution in [0.4, 0.5) is 5.69 Å². The van der Waals surface area contributed by atoms with E-state index in [1.807, 2.05) is 37.3 Å². The zero-order chi connectivity index (χ0) is 16.8. The predicted octanol–water partition coefficient (Wildman–Crippen LogP) is 2.83. The Labute approximate surface area is 144 Å². The number of nitrogens with zero attached hydrogens (tertiary/aromatic N) is 2. The van der Waals surface area contributed by atoms with Gasteiger partial charge in [-0.3, -0.25) is 14.6 Å². The summed E-state index contributed by atoms with van der Waals surface area (Å²) >= 11 is 0. The predicted molar refractivity (Wildman–Crippen MR) is 97.8 cm³/mol. The average Bonchev–Trinajstić information content (AvgIpc) is 2.63. The molecule has 4 heteroatoms. The van der Waals surface area contributed by atoms with Gasteiger partial charge >= 0.3 is 0 Å². The van der Waals surface area contributed by atoms with Gasteiger partial charge in [0.05, 0.1) is 6.04 Å². The molecule has 1 fully saturated rings. The van der Waals surface area contributed by atoms with E-state index in [1.165, 1.54) is 5.56 Å². The molecule has 2 aromatic rings. The molecular weight excluding hydrogens is 298 g/mol. The first-order chi connectivity index (χ1) is 11.7. The topological polar surface area (TPSA) is 35.6 Å². The second kappa shape index (κ2) is 8.08. The van der Waals surface area contributed by atoms with Gasteiger partial charge in [0.1, 0.15) is 0 Å². The molecule has 1 aliphatic heterocycles. The van der Waals surface area contributed by atoms with Crippen molar-refractivity contribution >= 4 is 11.6 Å². The van der Waals surface area contributed by atoms with E-state index in [0.717, 1.165) is 38.4 Å². The van der Waals surface area contributed by atoms with Crippen molar-refractivity contribution < 1.29 is 4.79 Å². The van der Waals surface area contributed by atoms with E-state index in [4.69, 9.17) is 0 Å². The zero-order valence-corrected chi connectivity index (χ0v) is 14.2. The lowest BCUT2D eigenvalue weighted by Gasteiger charge is -2.37. The molecule has 24 heavy (non-hydrogen) atoms. The molecule has 0 aliphatic carbocycles. The summed E-state index contributed by atoms with van der Waals surface area (Å²) in [4.78, 5) is 17.1. The average molecular weight is 323 g/mol. The number of carbonyl (C=O) groups is 1. The first-order valence-corrected chi connectivity index (χ1v) is 8.58. The number of hydrogen-bond donors (Lipinski definition) is 1. The maximum absolute atomic E-state index is 12.4. The Kier molecular flexibility index (Phi) is 5.62. The molecule has 1 heterocycles. The summed E-state index contributed by atoms with van der Waals surface area (Å²) in [5.74, 6) is 0.0673. The van der Waals surface area contributed by atoms with Gasteiger partial charge in [-0.1, -0.05) is 48.5 Å². The standard InChI is InChI=1S/C20H25N3O/c1-17(20(24)21-19-10-6-3-7-11-19)23-14-12-22(13-15-23)16-18-8-4-2-5-9-18/h2-11,17H,12-16H2,1H3,(H,21,24)/t17-/m1/s1. The van der Waals surface area contributed by atoms with Crippen LogP contribution in [0.15, 0.2) is 60.7 Å². The molecule has 0 spiro atoms. The van der Waals surface area contributed by atoms with Crippen LogP contribution in [0, 0.1) is 0 Å². The minimum Gasteiger partial charge on any atom is -0.325 e. The fourth-order valence-electron chi connectivity index (χ4n) is 3.08. The normalized spacial score (nSPS) is 17.4. The van der Waals surface area contributed by atoms with Gasteiger partial charge in [-0.25, -0.2) is 0 Å². The molecule has 1 atom stereocenters. The van der Waals surface area contributed by atoms with E-state index in [-0.39, 0.29) is 11.9 Å². The third-order valence-electron chi connectivity index (χ3n) is 4.62. The van der Waals surface area contributed by atoms with Crippen molar-refractivity contribution in [1.29, 1.82) is 0 Å². The summed E-state index contributed by atoms with van der Waals surface area (Å²) in [6.07, 6.45) is 0. The molecule has 0 saturated carbocycles. The summed E-state index contributed by atoms with van der Waals surface area (Å²) in [6, 6.07) is 20.1. The van der Waals surface area contributed by atoms with Crippen LogP contribution >= 0.6 is 0 Å². The molecule has 0 radical (unpaired) electrons. The molecule has 1 saturated heterocycles. The van der Waals surface area contributed by atoms with Crippen LogP contribution in [-0.4, -0.2) is 47.9 Å². The second-order valence-electron chi connectivity index (χ2n) is 6.33. The Hall–Kier alpha value is -2.17. The highest BCUT2D eigenvalue weighted by Gasteiger charge is 2.25. The monoisotopic (exact) mass is 323 g/mol. The van der Waals surface area contributed by atoms with Gasteiger partial charge in [0.15, 0.2) is 0 Å². The number of anilines is 1. The minimum absolute atomic E-state index is 0.0673. The van der Waals surface area contributed by atoms with E-state index in [1.54, 1.807) is 0 Å². The Morgan fingerprint density at radius 1 is 0.958 bits per heavy atom. The van der Waals surface area contributed by atoms with Crippen LogP contribution in [0.3, 0.4) is 0 Å². The van der Waals surface area contributed by atoms with Gasteiger partial charge in [-0.05, 0) is 24.6 Å². The van der Waals surface area contributed by atoms with Crippen LogP contribution < -0.4 is 5.32 Å². The van der Waals surface area contributed by atoms with Crippen molar-refractivity contribution in [2.24, 2.45) is 0 Å². The number of para-hydroxylation sites is 1. The smallest absolute Gasteiger partial charge is 0.241 e. The van der Waals surface area contributed by atoms with Crippen LogP contribution in [0.2, 0.25) is 0 Å². The SMILES string of the molecule is C[C@H](C(=O)Nc1ccccc1)N1CCN(Cc2ccccc2)CC1. The molecule has 1 N–H and O–H groups in total. The third-order valence-corrected chi connectivity index (χ3v) is 4.62. The highest BCUT2D eigenvalue weighted by atomic mass is 16.2. The molecule has 0 aromatic heterocycles. The van der Waals surface area contributed by atoms with Gasteiger partial charge in [0, 0.05) is 38.4 Å². The van der Waals surface area contributed by atoms with Crippen LogP contribution in [0.25, 0.3) is 0 Å². The summed E-state index contributed by atoms with van der Waals surface area (Å²) in [5, 5.41) is 3.00. The third kappa shape index (κ3) is 4.43. The molecule has 1 aliphatic rings. The summed E-state index contributed by atoms with van der Waals surface area (Å²) in [7, 11) is 0. The Balaban J connectivity index is 1.48. The van der Waals surface area contributed by atoms with Crippen molar-refractivity contribution in [3.63, 3.8) is 0 Å². The maximum atomic E-state index is 12.4. The minimum atomic E-state index is -0.107. The summed E-state index contributed by atoms with van der Waals surface area (Å²) < 4.78 is 0. The van der Waals surface area contributed by atoms with E-state index >= 15 is 0 Å². The van der Waals surface area contributed by atoms with Crippen LogP contribution in [0.1, 0.15) is 12.5 Å². The lowest BCUT2D eigenvalue weighted by atomic mass is 10.1. The fraction of sp³-hybridized carbons (Fsp3) is 0.350. The van der Waals surface area contributed by atoms with Crippen molar-refractivity contribution in [2.75, 3.05) is 31.5 Å². The number of nitrogens with one attached hydrogen (secondary N) is 1. The van der Waals surface area contributed by atoms with Gasteiger partial charge < -0.3 is 5.32 Å². The number of amides is 1. The molecule has 126 valence electrons. The van der Waals surface area contributed by atoms with Gasteiger partial charge in [0.25, 0.3) is 0 Å². The lowest BCUT2D eigenvalue weighted by molar-refractivity contribution is -0.121. The summed E-state index contributed by atoms with van der Waals surface area (Å²) in [6.45, 7) is 6.83. The molecule has 2 aromatic carbocycles. The number of hydrogen-bond acceptors (Lipinski definition) is 3. The number of benzene rings is 2. The molecule has 4 nitrogen and oxygen atoms in total. The molecule has 0 bridgehead atoms. The van der Waals surface area contributed by atoms with E-state index < -0.39 is 0 Å². The Bertz CT molecular complexity index is 636. The first-order valence-electron chi connectivity index (χ1n) is 8.58. The van der Waals surface area contributed by atoms with Crippen molar-refractivity contribution in [2.45, 2.75) is 19.5 Å². The van der Waals surface area contributed by atoms with Gasteiger partial charge in [-0.15, -0.1) is 0 Å². The number of carbonyl (C=O) groups excluding carboxylic acids is 1. The second-order valence-corrected chi connectivity index (χ2v) is 6.33. The van der Waals surface area contributed by atoms with Crippen molar-refractivity contribution in [3.8, 4) is 0 Å². The first kappa shape index (κ1) is 16.7. The van der Waals surface area contributed by atoms with E-state index in [0.29, 0.717) is 0 Å². The summed E-state index contributed by atoms with van der Waals surface area (Å²) in [5.41, 5.74) is 2.21. The largest absolute Gasteiger partial charge is 0.325 e. The molecule has 1 amide bonds. The lowest BCUT2D eigenvalue weighted by Crippen LogP contribution is -2.52. The highest BCUT2D eigenvalue weighted by molar-refractivity contribution is 5.94. The van der Waals surface area contributed by atoms with E-state index in [9.17, 15) is 4.79 Å². The van der Waals surface area contributed by atoms with E-state index in [2.05, 4.69) is 45.4 Å². The number of piperazine rings is 1. The molecule has 3 rings (SSSR count). The van der Waals surface area contributed by atoms with Crippen molar-refractivity contribution in [3.05, 3.63) is 66.2 Å². The van der Waals surface area contributed by atoms with Crippen LogP contribution in [-0.2, 0) is 11.3 Å². The fourth-order valence-corrected chi connectivity index (χ4v) is 3.08. The highest BCUT2D eigenvalue weighted by Crippen LogP contribution is 2.12. The van der Waals surface area contributed by atoms with Crippen molar-refractivity contribution in [1.82, 2.24) is 9.80 Å². The number of rotatable bonds is 5. The van der Waals surface area contributed by atoms with Crippen LogP contribution in [0.5, 0.6) is 0 Å². The molecular formula is C20H25N3O. The quantitative estimate of drug-likeness (QED) is 0.919. The molecule has 0 unspecified atom stereocenters. The maximum Gasteiger partial charge on any atom is 0.241 e. The Morgan fingerprint density at radius 3 is 2.17 bits per heavy atom. The Morgan fingerprint density at radius 2 is 1.54 bits per heavy atom. The van der Waals surface area contributed by atoms with Gasteiger partial charge in [0.2, 0.25) is 5.91 Å².